The van der Waals surface area contributed by atoms with Crippen molar-refractivity contribution < 1.29 is 19.4 Å². The van der Waals surface area contributed by atoms with E-state index in [1.807, 2.05) is 0 Å². The van der Waals surface area contributed by atoms with Gasteiger partial charge in [0.15, 0.2) is 0 Å². The van der Waals surface area contributed by atoms with Gasteiger partial charge in [0.1, 0.15) is 5.82 Å². The van der Waals surface area contributed by atoms with Crippen LogP contribution in [0.2, 0.25) is 5.02 Å². The van der Waals surface area contributed by atoms with Crippen molar-refractivity contribution in [2.24, 2.45) is 11.1 Å². The van der Waals surface area contributed by atoms with E-state index in [4.69, 9.17) is 22.4 Å². The first-order chi connectivity index (χ1) is 13.0. The second-order valence-electron chi connectivity index (χ2n) is 8.68. The topological polar surface area (TPSA) is 108 Å². The molecule has 1 unspecified atom stereocenters. The lowest BCUT2D eigenvalue weighted by atomic mass is 9.81. The standard InChI is InChI=1S/C20H31ClFN3O3/c1-20(2,3)9-14-17(23)15(12-5-4-6-13(21)16(12)22)18(25-14)19(28)24-8-7-11(27)10-26/h4-6,11,14-15,17-18,25-27H,7-10,23H2,1-3H3,(H,24,28)/t11-,14-,15+,17?,18+/m0/s1. The molecule has 1 aromatic carbocycles. The summed E-state index contributed by atoms with van der Waals surface area (Å²) >= 11 is 5.96. The van der Waals surface area contributed by atoms with Gasteiger partial charge in [0.05, 0.1) is 23.8 Å². The van der Waals surface area contributed by atoms with E-state index in [0.717, 1.165) is 6.42 Å². The predicted octanol–water partition coefficient (Wildman–Crippen LogP) is 1.53. The molecule has 1 heterocycles. The number of aliphatic hydroxyl groups excluding tert-OH is 2. The van der Waals surface area contributed by atoms with Crippen LogP contribution in [0.15, 0.2) is 18.2 Å². The molecular formula is C20H31ClFN3O3. The van der Waals surface area contributed by atoms with E-state index in [9.17, 15) is 14.3 Å². The molecule has 5 atom stereocenters. The number of halogens is 2. The zero-order chi connectivity index (χ0) is 21.1. The lowest BCUT2D eigenvalue weighted by molar-refractivity contribution is -0.123. The molecule has 0 bridgehead atoms. The highest BCUT2D eigenvalue weighted by Crippen LogP contribution is 2.37. The van der Waals surface area contributed by atoms with Crippen LogP contribution < -0.4 is 16.4 Å². The third kappa shape index (κ3) is 5.64. The fourth-order valence-corrected chi connectivity index (χ4v) is 3.92. The van der Waals surface area contributed by atoms with Gasteiger partial charge in [-0.05, 0) is 29.9 Å². The Morgan fingerprint density at radius 1 is 1.43 bits per heavy atom. The summed E-state index contributed by atoms with van der Waals surface area (Å²) in [5.41, 5.74) is 6.78. The molecule has 0 aliphatic carbocycles. The second-order valence-corrected chi connectivity index (χ2v) is 9.09. The Morgan fingerprint density at radius 3 is 2.71 bits per heavy atom. The Labute approximate surface area is 170 Å². The number of nitrogens with one attached hydrogen (secondary N) is 2. The first-order valence-electron chi connectivity index (χ1n) is 9.57. The molecule has 28 heavy (non-hydrogen) atoms. The molecule has 1 aliphatic rings. The maximum Gasteiger partial charge on any atom is 0.237 e. The molecule has 1 fully saturated rings. The van der Waals surface area contributed by atoms with Crippen molar-refractivity contribution in [2.45, 2.75) is 63.8 Å². The summed E-state index contributed by atoms with van der Waals surface area (Å²) in [4.78, 5) is 12.8. The van der Waals surface area contributed by atoms with Crippen molar-refractivity contribution in [2.75, 3.05) is 13.2 Å². The highest BCUT2D eigenvalue weighted by Gasteiger charge is 2.47. The monoisotopic (exact) mass is 415 g/mol. The van der Waals surface area contributed by atoms with Crippen LogP contribution in [-0.2, 0) is 4.79 Å². The van der Waals surface area contributed by atoms with Gasteiger partial charge in [-0.3, -0.25) is 4.79 Å². The quantitative estimate of drug-likeness (QED) is 0.464. The largest absolute Gasteiger partial charge is 0.394 e. The average Bonchev–Trinajstić information content (AvgIpc) is 2.92. The molecule has 0 aromatic heterocycles. The van der Waals surface area contributed by atoms with Gasteiger partial charge >= 0.3 is 0 Å². The van der Waals surface area contributed by atoms with Gasteiger partial charge in [0.25, 0.3) is 0 Å². The molecule has 1 amide bonds. The van der Waals surface area contributed by atoms with Crippen molar-refractivity contribution >= 4 is 17.5 Å². The molecule has 1 aliphatic heterocycles. The average molecular weight is 416 g/mol. The van der Waals surface area contributed by atoms with E-state index >= 15 is 0 Å². The number of carbonyl (C=O) groups is 1. The number of carbonyl (C=O) groups excluding carboxylic acids is 1. The zero-order valence-corrected chi connectivity index (χ0v) is 17.3. The molecule has 0 spiro atoms. The van der Waals surface area contributed by atoms with Crippen LogP contribution in [0, 0.1) is 11.2 Å². The Morgan fingerprint density at radius 2 is 2.11 bits per heavy atom. The summed E-state index contributed by atoms with van der Waals surface area (Å²) in [7, 11) is 0. The van der Waals surface area contributed by atoms with E-state index in [0.29, 0.717) is 5.56 Å². The van der Waals surface area contributed by atoms with Gasteiger partial charge in [-0.25, -0.2) is 4.39 Å². The zero-order valence-electron chi connectivity index (χ0n) is 16.6. The molecule has 0 radical (unpaired) electrons. The lowest BCUT2D eigenvalue weighted by Gasteiger charge is -2.27. The molecule has 6 nitrogen and oxygen atoms in total. The molecule has 1 saturated heterocycles. The molecule has 0 saturated carbocycles. The molecule has 158 valence electrons. The van der Waals surface area contributed by atoms with Crippen LogP contribution in [0.5, 0.6) is 0 Å². The summed E-state index contributed by atoms with van der Waals surface area (Å²) in [6.45, 7) is 6.08. The smallest absolute Gasteiger partial charge is 0.237 e. The van der Waals surface area contributed by atoms with Crippen LogP contribution in [0.3, 0.4) is 0 Å². The highest BCUT2D eigenvalue weighted by molar-refractivity contribution is 6.30. The minimum Gasteiger partial charge on any atom is -0.394 e. The normalized spacial score (nSPS) is 26.3. The van der Waals surface area contributed by atoms with Crippen molar-refractivity contribution in [3.05, 3.63) is 34.6 Å². The van der Waals surface area contributed by atoms with Gasteiger partial charge in [0, 0.05) is 24.5 Å². The Bertz CT molecular complexity index is 683. The van der Waals surface area contributed by atoms with Gasteiger partial charge < -0.3 is 26.6 Å². The van der Waals surface area contributed by atoms with Crippen molar-refractivity contribution in [3.63, 3.8) is 0 Å². The molecule has 2 rings (SSSR count). The number of benzene rings is 1. The number of nitrogens with two attached hydrogens (primary N) is 1. The minimum atomic E-state index is -0.895. The summed E-state index contributed by atoms with van der Waals surface area (Å²) < 4.78 is 14.7. The van der Waals surface area contributed by atoms with Gasteiger partial charge in [0.2, 0.25) is 5.91 Å². The van der Waals surface area contributed by atoms with Crippen LogP contribution in [0.25, 0.3) is 0 Å². The van der Waals surface area contributed by atoms with Crippen LogP contribution >= 0.6 is 11.6 Å². The number of amides is 1. The molecule has 1 aromatic rings. The summed E-state index contributed by atoms with van der Waals surface area (Å²) in [6.07, 6.45) is 0.0524. The number of hydrogen-bond acceptors (Lipinski definition) is 5. The highest BCUT2D eigenvalue weighted by atomic mass is 35.5. The van der Waals surface area contributed by atoms with Crippen LogP contribution in [0.1, 0.15) is 45.1 Å². The van der Waals surface area contributed by atoms with Crippen molar-refractivity contribution in [1.29, 1.82) is 0 Å². The third-order valence-corrected chi connectivity index (χ3v) is 5.37. The van der Waals surface area contributed by atoms with Crippen molar-refractivity contribution in [1.82, 2.24) is 10.6 Å². The minimum absolute atomic E-state index is 0.00537. The number of rotatable bonds is 7. The maximum absolute atomic E-state index is 14.7. The summed E-state index contributed by atoms with van der Waals surface area (Å²) in [6, 6.07) is 3.38. The van der Waals surface area contributed by atoms with E-state index in [-0.39, 0.29) is 42.0 Å². The Kier molecular flexibility index (Phi) is 7.81. The Hall–Kier alpha value is -1.25. The lowest BCUT2D eigenvalue weighted by Crippen LogP contribution is -2.46. The summed E-state index contributed by atoms with van der Waals surface area (Å²) in [5, 5.41) is 24.4. The van der Waals surface area contributed by atoms with Crippen molar-refractivity contribution in [3.8, 4) is 0 Å². The first kappa shape index (κ1) is 23.0. The fourth-order valence-electron chi connectivity index (χ4n) is 3.74. The number of aliphatic hydroxyl groups is 2. The van der Waals surface area contributed by atoms with Crippen LogP contribution in [0.4, 0.5) is 4.39 Å². The van der Waals surface area contributed by atoms with Gasteiger partial charge in [-0.15, -0.1) is 0 Å². The SMILES string of the molecule is CC(C)(C)C[C@@H]1N[C@@H](C(=O)NCC[C@H](O)CO)[C@H](c2cccc(Cl)c2F)C1N. The fraction of sp³-hybridized carbons (Fsp3) is 0.650. The van der Waals surface area contributed by atoms with E-state index in [2.05, 4.69) is 31.4 Å². The van der Waals surface area contributed by atoms with E-state index in [1.54, 1.807) is 12.1 Å². The van der Waals surface area contributed by atoms with Gasteiger partial charge in [-0.1, -0.05) is 44.5 Å². The Balaban J connectivity index is 2.25. The first-order valence-corrected chi connectivity index (χ1v) is 9.95. The number of hydrogen-bond donors (Lipinski definition) is 5. The molecular weight excluding hydrogens is 385 g/mol. The predicted molar refractivity (Wildman–Crippen MR) is 108 cm³/mol. The van der Waals surface area contributed by atoms with Gasteiger partial charge in [-0.2, -0.15) is 0 Å². The maximum atomic E-state index is 14.7. The third-order valence-electron chi connectivity index (χ3n) is 5.07. The molecule has 6 N–H and O–H groups in total. The second kappa shape index (κ2) is 9.50. The van der Waals surface area contributed by atoms with Crippen LogP contribution in [-0.4, -0.2) is 53.5 Å². The summed E-state index contributed by atoms with van der Waals surface area (Å²) in [5.74, 6) is -1.45. The van der Waals surface area contributed by atoms with E-state index < -0.39 is 29.9 Å². The van der Waals surface area contributed by atoms with E-state index in [1.165, 1.54) is 6.07 Å². The molecule has 8 heteroatoms.